The van der Waals surface area contributed by atoms with Gasteiger partial charge in [0, 0.05) is 24.5 Å². The lowest BCUT2D eigenvalue weighted by atomic mass is 10.2. The predicted molar refractivity (Wildman–Crippen MR) is 75.4 cm³/mol. The summed E-state index contributed by atoms with van der Waals surface area (Å²) in [6.07, 6.45) is 1.60. The fourth-order valence-corrected chi connectivity index (χ4v) is 1.72. The lowest BCUT2D eigenvalue weighted by Gasteiger charge is -2.09. The topological polar surface area (TPSA) is 66.9 Å². The van der Waals surface area contributed by atoms with Crippen LogP contribution >= 0.6 is 0 Å². The summed E-state index contributed by atoms with van der Waals surface area (Å²) >= 11 is 0. The first kappa shape index (κ1) is 13.0. The number of rotatable bonds is 3. The van der Waals surface area contributed by atoms with Crippen LogP contribution in [0.3, 0.4) is 0 Å². The molecule has 19 heavy (non-hydrogen) atoms. The molecule has 0 aliphatic heterocycles. The molecule has 0 aliphatic rings. The summed E-state index contributed by atoms with van der Waals surface area (Å²) in [5, 5.41) is 5.75. The molecule has 0 spiro atoms. The molecule has 0 unspecified atom stereocenters. The summed E-state index contributed by atoms with van der Waals surface area (Å²) in [5.74, 6) is 0.485. The van der Waals surface area contributed by atoms with E-state index in [-0.39, 0.29) is 5.91 Å². The van der Waals surface area contributed by atoms with Crippen molar-refractivity contribution in [2.45, 2.75) is 13.8 Å². The third-order valence-corrected chi connectivity index (χ3v) is 2.75. The third kappa shape index (κ3) is 3.07. The van der Waals surface area contributed by atoms with E-state index >= 15 is 0 Å². The number of anilines is 2. The Morgan fingerprint density at radius 3 is 2.68 bits per heavy atom. The van der Waals surface area contributed by atoms with E-state index in [1.165, 1.54) is 0 Å². The first-order valence-corrected chi connectivity index (χ1v) is 5.99. The second-order valence-electron chi connectivity index (χ2n) is 4.22. The summed E-state index contributed by atoms with van der Waals surface area (Å²) in [6, 6.07) is 7.10. The third-order valence-electron chi connectivity index (χ3n) is 2.75. The zero-order valence-corrected chi connectivity index (χ0v) is 11.2. The van der Waals surface area contributed by atoms with Gasteiger partial charge in [-0.1, -0.05) is 0 Å². The van der Waals surface area contributed by atoms with E-state index in [0.29, 0.717) is 11.4 Å². The van der Waals surface area contributed by atoms with Crippen molar-refractivity contribution < 1.29 is 4.79 Å². The van der Waals surface area contributed by atoms with Gasteiger partial charge in [-0.15, -0.1) is 0 Å². The molecule has 5 heteroatoms. The Hall–Kier alpha value is -2.43. The van der Waals surface area contributed by atoms with Crippen LogP contribution in [0.4, 0.5) is 11.5 Å². The fourth-order valence-electron chi connectivity index (χ4n) is 1.72. The number of hydrogen-bond donors (Lipinski definition) is 2. The molecule has 2 heterocycles. The summed E-state index contributed by atoms with van der Waals surface area (Å²) in [7, 11) is 1.76. The molecule has 2 N–H and O–H groups in total. The van der Waals surface area contributed by atoms with Crippen LogP contribution in [-0.2, 0) is 0 Å². The van der Waals surface area contributed by atoms with Crippen molar-refractivity contribution >= 4 is 17.4 Å². The van der Waals surface area contributed by atoms with Crippen molar-refractivity contribution in [2.24, 2.45) is 0 Å². The van der Waals surface area contributed by atoms with Crippen LogP contribution in [0.1, 0.15) is 21.7 Å². The van der Waals surface area contributed by atoms with Gasteiger partial charge in [0.1, 0.15) is 5.82 Å². The van der Waals surface area contributed by atoms with Crippen LogP contribution in [-0.4, -0.2) is 22.9 Å². The summed E-state index contributed by atoms with van der Waals surface area (Å²) in [5.41, 5.74) is 3.01. The highest BCUT2D eigenvalue weighted by Crippen LogP contribution is 2.15. The van der Waals surface area contributed by atoms with E-state index in [1.807, 2.05) is 26.0 Å². The number of aryl methyl sites for hydroxylation is 2. The molecule has 1 amide bonds. The molecule has 2 rings (SSSR count). The van der Waals surface area contributed by atoms with Crippen LogP contribution < -0.4 is 10.6 Å². The normalized spacial score (nSPS) is 10.1. The average molecular weight is 256 g/mol. The molecule has 0 saturated carbocycles. The Morgan fingerprint density at radius 2 is 2.00 bits per heavy atom. The SMILES string of the molecule is CNc1cc(C(=O)Nc2ccc(C)nc2C)ccn1. The highest BCUT2D eigenvalue weighted by molar-refractivity contribution is 6.04. The fraction of sp³-hybridized carbons (Fsp3) is 0.214. The van der Waals surface area contributed by atoms with Gasteiger partial charge in [-0.05, 0) is 38.1 Å². The minimum absolute atomic E-state index is 0.173. The molecule has 0 bridgehead atoms. The Bertz CT molecular complexity index is 610. The largest absolute Gasteiger partial charge is 0.373 e. The summed E-state index contributed by atoms with van der Waals surface area (Å²) in [4.78, 5) is 20.5. The Kier molecular flexibility index (Phi) is 3.75. The van der Waals surface area contributed by atoms with Crippen LogP contribution in [0.25, 0.3) is 0 Å². The van der Waals surface area contributed by atoms with Crippen LogP contribution in [0.2, 0.25) is 0 Å². The molecule has 5 nitrogen and oxygen atoms in total. The van der Waals surface area contributed by atoms with E-state index in [4.69, 9.17) is 0 Å². The van der Waals surface area contributed by atoms with E-state index in [9.17, 15) is 4.79 Å². The number of carbonyl (C=O) groups excluding carboxylic acids is 1. The van der Waals surface area contributed by atoms with Crippen molar-refractivity contribution in [3.05, 3.63) is 47.4 Å². The minimum Gasteiger partial charge on any atom is -0.373 e. The highest BCUT2D eigenvalue weighted by atomic mass is 16.1. The number of nitrogens with zero attached hydrogens (tertiary/aromatic N) is 2. The Labute approximate surface area is 112 Å². The van der Waals surface area contributed by atoms with Gasteiger partial charge in [-0.3, -0.25) is 9.78 Å². The van der Waals surface area contributed by atoms with Gasteiger partial charge in [-0.2, -0.15) is 0 Å². The molecule has 0 atom stereocenters. The van der Waals surface area contributed by atoms with Crippen LogP contribution in [0.5, 0.6) is 0 Å². The molecule has 2 aromatic rings. The van der Waals surface area contributed by atoms with Gasteiger partial charge in [0.15, 0.2) is 0 Å². The van der Waals surface area contributed by atoms with Crippen LogP contribution in [0.15, 0.2) is 30.5 Å². The molecule has 2 aromatic heterocycles. The Morgan fingerprint density at radius 1 is 1.21 bits per heavy atom. The molecule has 0 aliphatic carbocycles. The Balaban J connectivity index is 2.20. The minimum atomic E-state index is -0.173. The van der Waals surface area contributed by atoms with E-state index in [0.717, 1.165) is 17.1 Å². The molecule has 0 radical (unpaired) electrons. The first-order chi connectivity index (χ1) is 9.10. The number of amides is 1. The van der Waals surface area contributed by atoms with Gasteiger partial charge in [-0.25, -0.2) is 4.98 Å². The first-order valence-electron chi connectivity index (χ1n) is 5.99. The second kappa shape index (κ2) is 5.48. The maximum Gasteiger partial charge on any atom is 0.255 e. The van der Waals surface area contributed by atoms with E-state index in [1.54, 1.807) is 25.4 Å². The molecule has 0 fully saturated rings. The van der Waals surface area contributed by atoms with Crippen molar-refractivity contribution in [1.29, 1.82) is 0 Å². The number of hydrogen-bond acceptors (Lipinski definition) is 4. The maximum atomic E-state index is 12.1. The van der Waals surface area contributed by atoms with Gasteiger partial charge >= 0.3 is 0 Å². The predicted octanol–water partition coefficient (Wildman–Crippen LogP) is 2.39. The van der Waals surface area contributed by atoms with Crippen molar-refractivity contribution in [3.8, 4) is 0 Å². The van der Waals surface area contributed by atoms with Crippen molar-refractivity contribution in [3.63, 3.8) is 0 Å². The van der Waals surface area contributed by atoms with Crippen molar-refractivity contribution in [1.82, 2.24) is 9.97 Å². The standard InChI is InChI=1S/C14H16N4O/c1-9-4-5-12(10(2)17-9)18-14(19)11-6-7-16-13(8-11)15-3/h4-8H,1-3H3,(H,15,16)(H,18,19). The number of aromatic nitrogens is 2. The molecule has 0 aromatic carbocycles. The van der Waals surface area contributed by atoms with E-state index < -0.39 is 0 Å². The zero-order chi connectivity index (χ0) is 13.8. The highest BCUT2D eigenvalue weighted by Gasteiger charge is 2.09. The smallest absolute Gasteiger partial charge is 0.255 e. The maximum absolute atomic E-state index is 12.1. The van der Waals surface area contributed by atoms with Gasteiger partial charge in [0.2, 0.25) is 0 Å². The zero-order valence-electron chi connectivity index (χ0n) is 11.2. The lowest BCUT2D eigenvalue weighted by Crippen LogP contribution is -2.13. The summed E-state index contributed by atoms with van der Waals surface area (Å²) < 4.78 is 0. The van der Waals surface area contributed by atoms with Gasteiger partial charge < -0.3 is 10.6 Å². The van der Waals surface area contributed by atoms with Crippen molar-refractivity contribution in [2.75, 3.05) is 17.7 Å². The lowest BCUT2D eigenvalue weighted by molar-refractivity contribution is 0.102. The molecular formula is C14H16N4O. The monoisotopic (exact) mass is 256 g/mol. The molecule has 0 saturated heterocycles. The van der Waals surface area contributed by atoms with Gasteiger partial charge in [0.25, 0.3) is 5.91 Å². The number of pyridine rings is 2. The summed E-state index contributed by atoms with van der Waals surface area (Å²) in [6.45, 7) is 3.79. The second-order valence-corrected chi connectivity index (χ2v) is 4.22. The molecule has 98 valence electrons. The van der Waals surface area contributed by atoms with Gasteiger partial charge in [0.05, 0.1) is 11.4 Å². The van der Waals surface area contributed by atoms with Crippen LogP contribution in [0, 0.1) is 13.8 Å². The molecular weight excluding hydrogens is 240 g/mol. The average Bonchev–Trinajstić information content (AvgIpc) is 2.42. The number of carbonyl (C=O) groups is 1. The van der Waals surface area contributed by atoms with E-state index in [2.05, 4.69) is 20.6 Å². The number of nitrogens with one attached hydrogen (secondary N) is 2. The quantitative estimate of drug-likeness (QED) is 0.884.